The summed E-state index contributed by atoms with van der Waals surface area (Å²) in [6.07, 6.45) is 0.457. The van der Waals surface area contributed by atoms with Crippen molar-refractivity contribution in [2.75, 3.05) is 6.61 Å². The Hall–Kier alpha value is -0.200. The minimum atomic E-state index is -0.288. The van der Waals surface area contributed by atoms with E-state index in [-0.39, 0.29) is 18.5 Å². The van der Waals surface area contributed by atoms with Gasteiger partial charge < -0.3 is 10.8 Å². The third kappa shape index (κ3) is 2.65. The van der Waals surface area contributed by atoms with Crippen molar-refractivity contribution in [1.29, 1.82) is 0 Å². The number of benzene rings is 1. The lowest BCUT2D eigenvalue weighted by Crippen LogP contribution is -2.12. The summed E-state index contributed by atoms with van der Waals surface area (Å²) >= 11 is 2.08. The fourth-order valence-electron chi connectivity index (χ4n) is 1.18. The lowest BCUT2D eigenvalue weighted by Gasteiger charge is -2.12. The molecule has 78 valence electrons. The third-order valence-corrected chi connectivity index (χ3v) is 3.29. The standard InChI is InChI=1S/C10H13FINO/c1-6-8(11)4-7(5-9(6)12)10(13)2-3-14/h4-5,10,14H,2-3,13H2,1H3. The van der Waals surface area contributed by atoms with Crippen molar-refractivity contribution in [1.82, 2.24) is 0 Å². The SMILES string of the molecule is Cc1c(F)cc(C(N)CCO)cc1I. The van der Waals surface area contributed by atoms with Crippen molar-refractivity contribution < 1.29 is 9.50 Å². The number of halogens is 2. The van der Waals surface area contributed by atoms with Gasteiger partial charge in [0.2, 0.25) is 0 Å². The van der Waals surface area contributed by atoms with Crippen LogP contribution >= 0.6 is 22.6 Å². The highest BCUT2D eigenvalue weighted by molar-refractivity contribution is 14.1. The summed E-state index contributed by atoms with van der Waals surface area (Å²) in [5.41, 5.74) is 7.15. The Morgan fingerprint density at radius 1 is 1.57 bits per heavy atom. The van der Waals surface area contributed by atoms with Gasteiger partial charge in [0, 0.05) is 16.2 Å². The van der Waals surface area contributed by atoms with Crippen LogP contribution in [0.25, 0.3) is 0 Å². The molecular formula is C10H13FINO. The molecule has 0 fully saturated rings. The van der Waals surface area contributed by atoms with Crippen LogP contribution in [0.4, 0.5) is 4.39 Å². The maximum absolute atomic E-state index is 13.3. The molecule has 0 bridgehead atoms. The van der Waals surface area contributed by atoms with Crippen LogP contribution in [-0.4, -0.2) is 11.7 Å². The molecule has 2 nitrogen and oxygen atoms in total. The van der Waals surface area contributed by atoms with Gasteiger partial charge in [-0.05, 0) is 59.2 Å². The minimum absolute atomic E-state index is 0.0211. The number of hydrogen-bond acceptors (Lipinski definition) is 2. The predicted octanol–water partition coefficient (Wildman–Crippen LogP) is 2.12. The Morgan fingerprint density at radius 2 is 2.21 bits per heavy atom. The maximum Gasteiger partial charge on any atom is 0.127 e. The second kappa shape index (κ2) is 5.04. The number of aliphatic hydroxyl groups is 1. The Bertz CT molecular complexity index is 307. The fraction of sp³-hybridized carbons (Fsp3) is 0.400. The molecule has 0 aliphatic carbocycles. The van der Waals surface area contributed by atoms with Crippen LogP contribution in [0.1, 0.15) is 23.6 Å². The van der Waals surface area contributed by atoms with Gasteiger partial charge in [0.25, 0.3) is 0 Å². The van der Waals surface area contributed by atoms with Gasteiger partial charge >= 0.3 is 0 Å². The quantitative estimate of drug-likeness (QED) is 0.840. The summed E-state index contributed by atoms with van der Waals surface area (Å²) in [6.45, 7) is 1.76. The zero-order valence-electron chi connectivity index (χ0n) is 7.93. The molecule has 0 saturated carbocycles. The number of rotatable bonds is 3. The number of aliphatic hydroxyl groups excluding tert-OH is 1. The van der Waals surface area contributed by atoms with Gasteiger partial charge in [0.15, 0.2) is 0 Å². The van der Waals surface area contributed by atoms with Crippen LogP contribution in [0.2, 0.25) is 0 Å². The molecule has 0 spiro atoms. The largest absolute Gasteiger partial charge is 0.396 e. The van der Waals surface area contributed by atoms with Crippen LogP contribution in [0.15, 0.2) is 12.1 Å². The molecule has 0 radical (unpaired) electrons. The topological polar surface area (TPSA) is 46.2 Å². The lowest BCUT2D eigenvalue weighted by molar-refractivity contribution is 0.276. The monoisotopic (exact) mass is 309 g/mol. The van der Waals surface area contributed by atoms with Crippen molar-refractivity contribution in [3.05, 3.63) is 32.6 Å². The van der Waals surface area contributed by atoms with E-state index in [1.54, 1.807) is 6.92 Å². The van der Waals surface area contributed by atoms with Gasteiger partial charge in [0.1, 0.15) is 5.82 Å². The van der Waals surface area contributed by atoms with Gasteiger partial charge in [0.05, 0.1) is 0 Å². The summed E-state index contributed by atoms with van der Waals surface area (Å²) in [4.78, 5) is 0. The molecule has 1 atom stereocenters. The van der Waals surface area contributed by atoms with Crippen molar-refractivity contribution in [3.8, 4) is 0 Å². The Labute approximate surface area is 96.5 Å². The molecule has 1 aromatic carbocycles. The summed E-state index contributed by atoms with van der Waals surface area (Å²) in [5.74, 6) is -0.236. The second-order valence-electron chi connectivity index (χ2n) is 3.23. The van der Waals surface area contributed by atoms with E-state index in [4.69, 9.17) is 10.8 Å². The van der Waals surface area contributed by atoms with Crippen LogP contribution in [-0.2, 0) is 0 Å². The maximum atomic E-state index is 13.3. The van der Waals surface area contributed by atoms with Crippen molar-refractivity contribution >= 4 is 22.6 Å². The smallest absolute Gasteiger partial charge is 0.127 e. The van der Waals surface area contributed by atoms with Gasteiger partial charge in [-0.3, -0.25) is 0 Å². The Morgan fingerprint density at radius 3 is 2.71 bits per heavy atom. The molecule has 3 N–H and O–H groups in total. The van der Waals surface area contributed by atoms with Crippen LogP contribution in [0, 0.1) is 16.3 Å². The zero-order valence-corrected chi connectivity index (χ0v) is 10.1. The average Bonchev–Trinajstić information content (AvgIpc) is 2.13. The van der Waals surface area contributed by atoms with E-state index in [0.717, 1.165) is 9.13 Å². The molecule has 0 aromatic heterocycles. The van der Waals surface area contributed by atoms with Crippen molar-refractivity contribution in [2.45, 2.75) is 19.4 Å². The molecule has 1 rings (SSSR count). The van der Waals surface area contributed by atoms with Gasteiger partial charge in [-0.15, -0.1) is 0 Å². The third-order valence-electron chi connectivity index (χ3n) is 2.17. The van der Waals surface area contributed by atoms with E-state index >= 15 is 0 Å². The highest BCUT2D eigenvalue weighted by atomic mass is 127. The average molecular weight is 309 g/mol. The fourth-order valence-corrected chi connectivity index (χ4v) is 1.80. The Balaban J connectivity index is 3.00. The minimum Gasteiger partial charge on any atom is -0.396 e. The molecular weight excluding hydrogens is 296 g/mol. The van der Waals surface area contributed by atoms with Crippen molar-refractivity contribution in [2.24, 2.45) is 5.73 Å². The van der Waals surface area contributed by atoms with E-state index in [1.807, 2.05) is 6.07 Å². The Kier molecular flexibility index (Phi) is 4.28. The highest BCUT2D eigenvalue weighted by Gasteiger charge is 2.10. The second-order valence-corrected chi connectivity index (χ2v) is 4.39. The first kappa shape index (κ1) is 11.9. The number of hydrogen-bond donors (Lipinski definition) is 2. The first-order valence-electron chi connectivity index (χ1n) is 4.38. The molecule has 14 heavy (non-hydrogen) atoms. The van der Waals surface area contributed by atoms with Crippen LogP contribution in [0.3, 0.4) is 0 Å². The van der Waals surface area contributed by atoms with Crippen LogP contribution in [0.5, 0.6) is 0 Å². The van der Waals surface area contributed by atoms with Crippen molar-refractivity contribution in [3.63, 3.8) is 0 Å². The molecule has 0 amide bonds. The van der Waals surface area contributed by atoms with E-state index in [0.29, 0.717) is 12.0 Å². The molecule has 1 aromatic rings. The molecule has 4 heteroatoms. The molecule has 0 aliphatic rings. The van der Waals surface area contributed by atoms with E-state index in [9.17, 15) is 4.39 Å². The summed E-state index contributed by atoms with van der Waals surface area (Å²) < 4.78 is 14.2. The normalized spacial score (nSPS) is 12.9. The molecule has 0 aliphatic heterocycles. The lowest BCUT2D eigenvalue weighted by atomic mass is 10.0. The van der Waals surface area contributed by atoms with Gasteiger partial charge in [-0.1, -0.05) is 0 Å². The van der Waals surface area contributed by atoms with Crippen LogP contribution < -0.4 is 5.73 Å². The number of nitrogens with two attached hydrogens (primary N) is 1. The summed E-state index contributed by atoms with van der Waals surface area (Å²) in [7, 11) is 0. The van der Waals surface area contributed by atoms with Gasteiger partial charge in [-0.25, -0.2) is 4.39 Å². The summed E-state index contributed by atoms with van der Waals surface area (Å²) in [5, 5.41) is 8.72. The first-order chi connectivity index (χ1) is 6.56. The molecule has 0 saturated heterocycles. The first-order valence-corrected chi connectivity index (χ1v) is 5.46. The predicted molar refractivity (Wildman–Crippen MR) is 62.5 cm³/mol. The van der Waals surface area contributed by atoms with Gasteiger partial charge in [-0.2, -0.15) is 0 Å². The molecule has 0 heterocycles. The van der Waals surface area contributed by atoms with E-state index in [2.05, 4.69) is 22.6 Å². The zero-order chi connectivity index (χ0) is 10.7. The van der Waals surface area contributed by atoms with E-state index in [1.165, 1.54) is 6.07 Å². The summed E-state index contributed by atoms with van der Waals surface area (Å²) in [6, 6.07) is 3.01. The molecule has 1 unspecified atom stereocenters. The highest BCUT2D eigenvalue weighted by Crippen LogP contribution is 2.22. The van der Waals surface area contributed by atoms with E-state index < -0.39 is 0 Å².